The van der Waals surface area contributed by atoms with Gasteiger partial charge >= 0.3 is 6.03 Å². The zero-order chi connectivity index (χ0) is 16.8. The van der Waals surface area contributed by atoms with Crippen molar-refractivity contribution in [1.29, 1.82) is 0 Å². The van der Waals surface area contributed by atoms with Crippen LogP contribution in [0.15, 0.2) is 24.3 Å². The fourth-order valence-corrected chi connectivity index (χ4v) is 2.55. The van der Waals surface area contributed by atoms with Crippen LogP contribution in [0, 0.1) is 0 Å². The fourth-order valence-electron chi connectivity index (χ4n) is 2.55. The van der Waals surface area contributed by atoms with E-state index in [0.717, 1.165) is 25.7 Å². The molecule has 124 valence electrons. The van der Waals surface area contributed by atoms with E-state index in [4.69, 9.17) is 4.74 Å². The van der Waals surface area contributed by atoms with Crippen molar-refractivity contribution in [2.75, 3.05) is 0 Å². The Morgan fingerprint density at radius 3 is 2.57 bits per heavy atom. The molecule has 1 fully saturated rings. The molecule has 0 bridgehead atoms. The highest BCUT2D eigenvalue weighted by Gasteiger charge is 2.21. The molecule has 1 atom stereocenters. The van der Waals surface area contributed by atoms with Gasteiger partial charge in [0.2, 0.25) is 0 Å². The molecule has 23 heavy (non-hydrogen) atoms. The van der Waals surface area contributed by atoms with Crippen LogP contribution in [0.25, 0.3) is 0 Å². The van der Waals surface area contributed by atoms with Gasteiger partial charge in [0, 0.05) is 11.6 Å². The average molecular weight is 318 g/mol. The summed E-state index contributed by atoms with van der Waals surface area (Å²) in [6.45, 7) is 3.02. The minimum Gasteiger partial charge on any atom is -0.481 e. The van der Waals surface area contributed by atoms with Crippen molar-refractivity contribution in [2.45, 2.75) is 51.7 Å². The van der Waals surface area contributed by atoms with E-state index >= 15 is 0 Å². The molecular formula is C17H22N2O4. The van der Waals surface area contributed by atoms with E-state index in [2.05, 4.69) is 10.6 Å². The third kappa shape index (κ3) is 5.09. The number of benzene rings is 1. The van der Waals surface area contributed by atoms with E-state index in [1.807, 2.05) is 0 Å². The van der Waals surface area contributed by atoms with E-state index in [9.17, 15) is 14.4 Å². The molecule has 0 radical (unpaired) electrons. The Labute approximate surface area is 135 Å². The third-order valence-electron chi connectivity index (χ3n) is 3.85. The lowest BCUT2D eigenvalue weighted by molar-refractivity contribution is -0.126. The Kier molecular flexibility index (Phi) is 5.73. The maximum Gasteiger partial charge on any atom is 0.321 e. The van der Waals surface area contributed by atoms with Crippen molar-refractivity contribution in [1.82, 2.24) is 10.6 Å². The Balaban J connectivity index is 1.85. The fraction of sp³-hybridized carbons (Fsp3) is 0.471. The Bertz CT molecular complexity index is 594. The molecule has 6 heteroatoms. The summed E-state index contributed by atoms with van der Waals surface area (Å²) in [5.41, 5.74) is 0.508. The molecule has 1 aromatic carbocycles. The second kappa shape index (κ2) is 7.76. The zero-order valence-corrected chi connectivity index (χ0v) is 13.4. The Morgan fingerprint density at radius 2 is 1.91 bits per heavy atom. The van der Waals surface area contributed by atoms with E-state index in [0.29, 0.717) is 11.3 Å². The van der Waals surface area contributed by atoms with Gasteiger partial charge < -0.3 is 10.1 Å². The maximum absolute atomic E-state index is 12.0. The number of hydrogen-bond acceptors (Lipinski definition) is 4. The van der Waals surface area contributed by atoms with Crippen LogP contribution in [-0.4, -0.2) is 29.9 Å². The predicted molar refractivity (Wildman–Crippen MR) is 85.5 cm³/mol. The molecule has 0 spiro atoms. The first kappa shape index (κ1) is 17.0. The lowest BCUT2D eigenvalue weighted by atomic mass is 10.1. The molecule has 1 aliphatic rings. The van der Waals surface area contributed by atoms with Crippen molar-refractivity contribution in [2.24, 2.45) is 0 Å². The summed E-state index contributed by atoms with van der Waals surface area (Å²) in [6, 6.07) is 6.25. The maximum atomic E-state index is 12.0. The molecule has 0 heterocycles. The number of hydrogen-bond donors (Lipinski definition) is 2. The second-order valence-electron chi connectivity index (χ2n) is 5.79. The first-order valence-corrected chi connectivity index (χ1v) is 7.84. The number of Topliss-reactive ketones (excluding diaryl/α,β-unsaturated/α-hetero) is 1. The molecule has 6 nitrogen and oxygen atoms in total. The summed E-state index contributed by atoms with van der Waals surface area (Å²) in [7, 11) is 0. The molecule has 0 aliphatic heterocycles. The van der Waals surface area contributed by atoms with Gasteiger partial charge in [-0.3, -0.25) is 14.9 Å². The van der Waals surface area contributed by atoms with E-state index in [-0.39, 0.29) is 11.8 Å². The van der Waals surface area contributed by atoms with Crippen LogP contribution in [0.3, 0.4) is 0 Å². The quantitative estimate of drug-likeness (QED) is 0.817. The summed E-state index contributed by atoms with van der Waals surface area (Å²) < 4.78 is 5.49. The molecule has 1 aliphatic carbocycles. The first-order chi connectivity index (χ1) is 11.0. The lowest BCUT2D eigenvalue weighted by Gasteiger charge is -2.16. The number of carbonyl (C=O) groups excluding carboxylic acids is 3. The second-order valence-corrected chi connectivity index (χ2v) is 5.79. The van der Waals surface area contributed by atoms with Crippen LogP contribution in [0.2, 0.25) is 0 Å². The average Bonchev–Trinajstić information content (AvgIpc) is 3.00. The summed E-state index contributed by atoms with van der Waals surface area (Å²) in [5, 5.41) is 5.06. The number of ketones is 1. The lowest BCUT2D eigenvalue weighted by Crippen LogP contribution is -2.47. The summed E-state index contributed by atoms with van der Waals surface area (Å²) in [4.78, 5) is 35.1. The van der Waals surface area contributed by atoms with Crippen molar-refractivity contribution in [3.05, 3.63) is 29.8 Å². The molecular weight excluding hydrogens is 296 g/mol. The molecule has 0 aromatic heterocycles. The van der Waals surface area contributed by atoms with Crippen LogP contribution < -0.4 is 15.4 Å². The molecule has 1 saturated carbocycles. The Hall–Kier alpha value is -2.37. The largest absolute Gasteiger partial charge is 0.481 e. The van der Waals surface area contributed by atoms with Gasteiger partial charge in [-0.2, -0.15) is 0 Å². The predicted octanol–water partition coefficient (Wildman–Crippen LogP) is 2.42. The minimum atomic E-state index is -0.841. The number of rotatable bonds is 5. The molecule has 1 aromatic rings. The van der Waals surface area contributed by atoms with Gasteiger partial charge in [-0.05, 0) is 38.8 Å². The normalized spacial score (nSPS) is 15.7. The summed E-state index contributed by atoms with van der Waals surface area (Å²) >= 11 is 0. The van der Waals surface area contributed by atoms with Crippen molar-refractivity contribution in [3.8, 4) is 5.75 Å². The number of urea groups is 1. The van der Waals surface area contributed by atoms with Crippen LogP contribution in [0.4, 0.5) is 4.79 Å². The number of amides is 3. The highest BCUT2D eigenvalue weighted by atomic mass is 16.5. The van der Waals surface area contributed by atoms with E-state index in [1.165, 1.54) is 6.92 Å². The minimum absolute atomic E-state index is 0.0801. The van der Waals surface area contributed by atoms with Gasteiger partial charge in [-0.1, -0.05) is 25.0 Å². The monoisotopic (exact) mass is 318 g/mol. The number of nitrogens with one attached hydrogen (secondary N) is 2. The van der Waals surface area contributed by atoms with Gasteiger partial charge in [-0.25, -0.2) is 4.79 Å². The standard InChI is InChI=1S/C17H22N2O4/c1-11(20)13-6-5-9-15(10-13)23-12(2)16(21)19-17(22)18-14-7-3-4-8-14/h5-6,9-10,12,14H,3-4,7-8H2,1-2H3,(H2,18,19,21,22)/t12-/m0/s1. The van der Waals surface area contributed by atoms with Crippen LogP contribution >= 0.6 is 0 Å². The Morgan fingerprint density at radius 1 is 1.22 bits per heavy atom. The molecule has 2 N–H and O–H groups in total. The third-order valence-corrected chi connectivity index (χ3v) is 3.85. The highest BCUT2D eigenvalue weighted by molar-refractivity contribution is 5.96. The van der Waals surface area contributed by atoms with Crippen LogP contribution in [-0.2, 0) is 4.79 Å². The van der Waals surface area contributed by atoms with Crippen LogP contribution in [0.1, 0.15) is 49.9 Å². The SMILES string of the molecule is CC(=O)c1cccc(O[C@@H](C)C(=O)NC(=O)NC2CCCC2)c1. The van der Waals surface area contributed by atoms with Gasteiger partial charge in [-0.15, -0.1) is 0 Å². The number of carbonyl (C=O) groups is 3. The number of imide groups is 1. The molecule has 0 saturated heterocycles. The smallest absolute Gasteiger partial charge is 0.321 e. The van der Waals surface area contributed by atoms with Gasteiger partial charge in [0.25, 0.3) is 5.91 Å². The highest BCUT2D eigenvalue weighted by Crippen LogP contribution is 2.17. The summed E-state index contributed by atoms with van der Waals surface area (Å²) in [5.74, 6) is -0.186. The molecule has 3 amide bonds. The van der Waals surface area contributed by atoms with Gasteiger partial charge in [0.15, 0.2) is 11.9 Å². The van der Waals surface area contributed by atoms with Crippen LogP contribution in [0.5, 0.6) is 5.75 Å². The molecule has 0 unspecified atom stereocenters. The van der Waals surface area contributed by atoms with E-state index in [1.54, 1.807) is 31.2 Å². The van der Waals surface area contributed by atoms with Crippen molar-refractivity contribution >= 4 is 17.7 Å². The number of ether oxygens (including phenoxy) is 1. The zero-order valence-electron chi connectivity index (χ0n) is 13.4. The van der Waals surface area contributed by atoms with Crippen molar-refractivity contribution in [3.63, 3.8) is 0 Å². The van der Waals surface area contributed by atoms with E-state index < -0.39 is 18.0 Å². The van der Waals surface area contributed by atoms with Gasteiger partial charge in [0.1, 0.15) is 5.75 Å². The summed E-state index contributed by atoms with van der Waals surface area (Å²) in [6.07, 6.45) is 3.26. The first-order valence-electron chi connectivity index (χ1n) is 7.84. The topological polar surface area (TPSA) is 84.5 Å². The molecule has 2 rings (SSSR count). The van der Waals surface area contributed by atoms with Crippen molar-refractivity contribution < 1.29 is 19.1 Å². The van der Waals surface area contributed by atoms with Gasteiger partial charge in [0.05, 0.1) is 0 Å².